The number of anilines is 2. The minimum absolute atomic E-state index is 0.251. The summed E-state index contributed by atoms with van der Waals surface area (Å²) in [4.78, 5) is 10.8. The first-order valence-electron chi connectivity index (χ1n) is 6.25. The van der Waals surface area contributed by atoms with E-state index in [1.54, 1.807) is 11.3 Å². The maximum Gasteiger partial charge on any atom is 0.225 e. The van der Waals surface area contributed by atoms with Crippen LogP contribution in [0, 0.1) is 0 Å². The number of halogens is 3. The molecule has 0 amide bonds. The molecule has 0 aliphatic heterocycles. The Morgan fingerprint density at radius 3 is 2.81 bits per heavy atom. The minimum atomic E-state index is 0.251. The van der Waals surface area contributed by atoms with Crippen molar-refractivity contribution in [3.63, 3.8) is 0 Å². The Morgan fingerprint density at radius 2 is 2.05 bits per heavy atom. The molecule has 0 radical (unpaired) electrons. The van der Waals surface area contributed by atoms with E-state index in [1.807, 2.05) is 18.2 Å². The highest BCUT2D eigenvalue weighted by molar-refractivity contribution is 9.11. The van der Waals surface area contributed by atoms with Crippen molar-refractivity contribution in [3.05, 3.63) is 43.4 Å². The fourth-order valence-corrected chi connectivity index (χ4v) is 3.83. The lowest BCUT2D eigenvalue weighted by molar-refractivity contribution is 1.19. The minimum Gasteiger partial charge on any atom is -0.339 e. The van der Waals surface area contributed by atoms with Crippen LogP contribution in [0.4, 0.5) is 11.5 Å². The second kappa shape index (κ2) is 6.20. The number of fused-ring (bicyclic) bond motifs is 1. The van der Waals surface area contributed by atoms with E-state index < -0.39 is 0 Å². The molecule has 0 saturated carbocycles. The quantitative estimate of drug-likeness (QED) is 0.488. The van der Waals surface area contributed by atoms with Crippen LogP contribution < -0.4 is 5.32 Å². The van der Waals surface area contributed by atoms with Crippen molar-refractivity contribution in [3.8, 4) is 0 Å². The third-order valence-corrected chi connectivity index (χ3v) is 5.47. The highest BCUT2D eigenvalue weighted by Gasteiger charge is 2.12. The van der Waals surface area contributed by atoms with E-state index in [-0.39, 0.29) is 5.28 Å². The van der Waals surface area contributed by atoms with Gasteiger partial charge in [-0.1, -0.05) is 22.9 Å². The van der Waals surface area contributed by atoms with Crippen molar-refractivity contribution in [2.45, 2.75) is 13.3 Å². The Kier molecular flexibility index (Phi) is 4.49. The van der Waals surface area contributed by atoms with Crippen LogP contribution in [0.1, 0.15) is 11.8 Å². The predicted octanol–water partition coefficient (Wildman–Crippen LogP) is 6.18. The number of aromatic nitrogens is 2. The summed E-state index contributed by atoms with van der Waals surface area (Å²) in [5.41, 5.74) is 0.921. The molecule has 3 rings (SSSR count). The van der Waals surface area contributed by atoms with Gasteiger partial charge in [0.05, 0.1) is 11.1 Å². The SMILES string of the molecule is CCc1cc2c(Nc3cc(Br)ccc3Br)nc(Cl)nc2s1. The van der Waals surface area contributed by atoms with Crippen molar-refractivity contribution in [1.29, 1.82) is 0 Å². The monoisotopic (exact) mass is 445 g/mol. The first-order valence-corrected chi connectivity index (χ1v) is 9.03. The second-order valence-electron chi connectivity index (χ2n) is 4.38. The Morgan fingerprint density at radius 1 is 1.24 bits per heavy atom. The van der Waals surface area contributed by atoms with E-state index in [1.165, 1.54) is 4.88 Å². The molecule has 0 spiro atoms. The Balaban J connectivity index is 2.11. The number of aryl methyl sites for hydroxylation is 1. The van der Waals surface area contributed by atoms with E-state index in [0.717, 1.165) is 37.1 Å². The largest absolute Gasteiger partial charge is 0.339 e. The van der Waals surface area contributed by atoms with Crippen molar-refractivity contribution in [2.75, 3.05) is 5.32 Å². The number of hydrogen-bond acceptors (Lipinski definition) is 4. The molecule has 3 aromatic rings. The van der Waals surface area contributed by atoms with Gasteiger partial charge in [0.1, 0.15) is 10.6 Å². The lowest BCUT2D eigenvalue weighted by Gasteiger charge is -2.09. The maximum absolute atomic E-state index is 6.04. The zero-order valence-electron chi connectivity index (χ0n) is 11.0. The molecule has 0 bridgehead atoms. The van der Waals surface area contributed by atoms with Crippen LogP contribution in [0.15, 0.2) is 33.2 Å². The molecule has 0 aliphatic carbocycles. The van der Waals surface area contributed by atoms with Crippen LogP contribution in [-0.2, 0) is 6.42 Å². The van der Waals surface area contributed by atoms with Gasteiger partial charge in [0.2, 0.25) is 5.28 Å². The summed E-state index contributed by atoms with van der Waals surface area (Å²) in [6.45, 7) is 2.12. The van der Waals surface area contributed by atoms with Gasteiger partial charge in [-0.3, -0.25) is 0 Å². The molecule has 2 aromatic heterocycles. The summed E-state index contributed by atoms with van der Waals surface area (Å²) in [7, 11) is 0. The van der Waals surface area contributed by atoms with Crippen LogP contribution in [0.3, 0.4) is 0 Å². The third kappa shape index (κ3) is 3.23. The van der Waals surface area contributed by atoms with Gasteiger partial charge in [0.15, 0.2) is 0 Å². The smallest absolute Gasteiger partial charge is 0.225 e. The fourth-order valence-electron chi connectivity index (χ4n) is 1.94. The topological polar surface area (TPSA) is 37.8 Å². The van der Waals surface area contributed by atoms with Gasteiger partial charge in [-0.15, -0.1) is 11.3 Å². The molecule has 0 saturated heterocycles. The number of nitrogens with zero attached hydrogens (tertiary/aromatic N) is 2. The van der Waals surface area contributed by atoms with Gasteiger partial charge in [0, 0.05) is 13.8 Å². The zero-order valence-corrected chi connectivity index (χ0v) is 15.7. The Labute approximate surface area is 148 Å². The molecule has 108 valence electrons. The van der Waals surface area contributed by atoms with Gasteiger partial charge < -0.3 is 5.32 Å². The van der Waals surface area contributed by atoms with Gasteiger partial charge in [0.25, 0.3) is 0 Å². The number of thiophene rings is 1. The van der Waals surface area contributed by atoms with E-state index in [2.05, 4.69) is 60.1 Å². The van der Waals surface area contributed by atoms with Crippen molar-refractivity contribution >= 4 is 76.5 Å². The van der Waals surface area contributed by atoms with Crippen LogP contribution in [0.25, 0.3) is 10.2 Å². The van der Waals surface area contributed by atoms with Crippen LogP contribution in [0.2, 0.25) is 5.28 Å². The van der Waals surface area contributed by atoms with Crippen molar-refractivity contribution in [1.82, 2.24) is 9.97 Å². The molecule has 0 fully saturated rings. The molecular weight excluding hydrogens is 438 g/mol. The maximum atomic E-state index is 6.04. The summed E-state index contributed by atoms with van der Waals surface area (Å²) in [5.74, 6) is 0.722. The van der Waals surface area contributed by atoms with E-state index in [4.69, 9.17) is 11.6 Å². The first kappa shape index (κ1) is 15.2. The molecule has 0 aliphatic rings. The highest BCUT2D eigenvalue weighted by atomic mass is 79.9. The highest BCUT2D eigenvalue weighted by Crippen LogP contribution is 2.34. The summed E-state index contributed by atoms with van der Waals surface area (Å²) in [5, 5.41) is 4.57. The number of benzene rings is 1. The third-order valence-electron chi connectivity index (χ3n) is 2.95. The van der Waals surface area contributed by atoms with Crippen molar-refractivity contribution < 1.29 is 0 Å². The Hall–Kier alpha value is -0.690. The van der Waals surface area contributed by atoms with Crippen LogP contribution in [-0.4, -0.2) is 9.97 Å². The summed E-state index contributed by atoms with van der Waals surface area (Å²) >= 11 is 14.7. The molecule has 3 nitrogen and oxygen atoms in total. The number of nitrogens with one attached hydrogen (secondary N) is 1. The average molecular weight is 448 g/mol. The van der Waals surface area contributed by atoms with Crippen LogP contribution in [0.5, 0.6) is 0 Å². The molecule has 7 heteroatoms. The summed E-state index contributed by atoms with van der Waals surface area (Å²) in [6.07, 6.45) is 0.971. The zero-order chi connectivity index (χ0) is 15.0. The average Bonchev–Trinajstić information content (AvgIpc) is 2.86. The van der Waals surface area contributed by atoms with E-state index in [0.29, 0.717) is 0 Å². The molecular formula is C14H10Br2ClN3S. The molecule has 2 heterocycles. The van der Waals surface area contributed by atoms with Crippen molar-refractivity contribution in [2.24, 2.45) is 0 Å². The van der Waals surface area contributed by atoms with Gasteiger partial charge in [-0.25, -0.2) is 4.98 Å². The Bertz CT molecular complexity index is 819. The fraction of sp³-hybridized carbons (Fsp3) is 0.143. The van der Waals surface area contributed by atoms with Gasteiger partial charge >= 0.3 is 0 Å². The lowest BCUT2D eigenvalue weighted by atomic mass is 10.3. The molecule has 0 unspecified atom stereocenters. The molecule has 21 heavy (non-hydrogen) atoms. The lowest BCUT2D eigenvalue weighted by Crippen LogP contribution is -1.96. The van der Waals surface area contributed by atoms with E-state index >= 15 is 0 Å². The van der Waals surface area contributed by atoms with E-state index in [9.17, 15) is 0 Å². The summed E-state index contributed by atoms with van der Waals surface area (Å²) < 4.78 is 1.95. The second-order valence-corrected chi connectivity index (χ2v) is 7.60. The molecule has 1 N–H and O–H groups in total. The van der Waals surface area contributed by atoms with Gasteiger partial charge in [-0.2, -0.15) is 4.98 Å². The number of hydrogen-bond donors (Lipinski definition) is 1. The predicted molar refractivity (Wildman–Crippen MR) is 96.9 cm³/mol. The van der Waals surface area contributed by atoms with Gasteiger partial charge in [-0.05, 0) is 58.2 Å². The number of rotatable bonds is 3. The van der Waals surface area contributed by atoms with Crippen LogP contribution >= 0.6 is 54.8 Å². The molecule has 1 aromatic carbocycles. The summed E-state index contributed by atoms with van der Waals surface area (Å²) in [6, 6.07) is 8.04. The molecule has 0 atom stereocenters. The normalized spacial score (nSPS) is 11.0. The first-order chi connectivity index (χ1) is 10.1. The standard InChI is InChI=1S/C14H10Br2ClN3S/c1-2-8-6-9-12(19-14(17)20-13(9)21-8)18-11-5-7(15)3-4-10(11)16/h3-6H,2H2,1H3,(H,18,19,20).